The third-order valence-corrected chi connectivity index (χ3v) is 2.39. The van der Waals surface area contributed by atoms with E-state index in [1.807, 2.05) is 0 Å². The molecule has 1 unspecified atom stereocenters. The second-order valence-corrected chi connectivity index (χ2v) is 4.31. The Morgan fingerprint density at radius 3 is 2.72 bits per heavy atom. The van der Waals surface area contributed by atoms with Gasteiger partial charge < -0.3 is 15.2 Å². The van der Waals surface area contributed by atoms with E-state index in [9.17, 15) is 9.59 Å². The number of esters is 2. The van der Waals surface area contributed by atoms with Gasteiger partial charge in [-0.15, -0.1) is 0 Å². The zero-order valence-corrected chi connectivity index (χ0v) is 10.7. The van der Waals surface area contributed by atoms with Gasteiger partial charge in [-0.1, -0.05) is 19.9 Å². The van der Waals surface area contributed by atoms with Crippen molar-refractivity contribution in [3.63, 3.8) is 0 Å². The summed E-state index contributed by atoms with van der Waals surface area (Å²) in [6, 6.07) is 0. The van der Waals surface area contributed by atoms with E-state index in [4.69, 9.17) is 15.2 Å². The second kappa shape index (κ2) is 6.96. The molecule has 18 heavy (non-hydrogen) atoms. The summed E-state index contributed by atoms with van der Waals surface area (Å²) >= 11 is 0. The third-order valence-electron chi connectivity index (χ3n) is 2.39. The molecule has 1 atom stereocenters. The maximum atomic E-state index is 11.5. The fourth-order valence-electron chi connectivity index (χ4n) is 1.36. The smallest absolute Gasteiger partial charge is 0.337 e. The van der Waals surface area contributed by atoms with Crippen LogP contribution in [0.1, 0.15) is 20.3 Å². The van der Waals surface area contributed by atoms with Crippen molar-refractivity contribution in [3.05, 3.63) is 23.8 Å². The third kappa shape index (κ3) is 4.33. The number of carbonyl (C=O) groups is 2. The van der Waals surface area contributed by atoms with E-state index >= 15 is 0 Å². The van der Waals surface area contributed by atoms with E-state index in [1.54, 1.807) is 32.1 Å². The molecule has 0 spiro atoms. The summed E-state index contributed by atoms with van der Waals surface area (Å²) in [6.45, 7) is 4.06. The molecule has 5 heteroatoms. The monoisotopic (exact) mass is 253 g/mol. The molecule has 0 amide bonds. The predicted molar refractivity (Wildman–Crippen MR) is 66.6 cm³/mol. The van der Waals surface area contributed by atoms with Crippen molar-refractivity contribution in [1.82, 2.24) is 0 Å². The Labute approximate surface area is 107 Å². The number of nitrogens with two attached hydrogens (primary N) is 1. The van der Waals surface area contributed by atoms with Gasteiger partial charge in [-0.25, -0.2) is 4.79 Å². The molecule has 0 bridgehead atoms. The molecule has 2 N–H and O–H groups in total. The molecule has 1 aliphatic rings. The maximum Gasteiger partial charge on any atom is 0.337 e. The highest BCUT2D eigenvalue weighted by Crippen LogP contribution is 2.16. The number of hydrogen-bond acceptors (Lipinski definition) is 5. The van der Waals surface area contributed by atoms with Gasteiger partial charge in [0.1, 0.15) is 12.7 Å². The van der Waals surface area contributed by atoms with Gasteiger partial charge in [0, 0.05) is 13.0 Å². The van der Waals surface area contributed by atoms with Gasteiger partial charge in [0.15, 0.2) is 0 Å². The lowest BCUT2D eigenvalue weighted by Crippen LogP contribution is -2.22. The Morgan fingerprint density at radius 1 is 1.50 bits per heavy atom. The molecule has 1 rings (SSSR count). The highest BCUT2D eigenvalue weighted by molar-refractivity contribution is 5.91. The lowest BCUT2D eigenvalue weighted by molar-refractivity contribution is -0.150. The molecule has 0 aromatic carbocycles. The molecule has 100 valence electrons. The molecule has 5 nitrogen and oxygen atoms in total. The first-order valence-electron chi connectivity index (χ1n) is 6.00. The van der Waals surface area contributed by atoms with Crippen molar-refractivity contribution in [2.75, 3.05) is 13.2 Å². The lowest BCUT2D eigenvalue weighted by atomic mass is 10.0. The van der Waals surface area contributed by atoms with Crippen LogP contribution in [0.3, 0.4) is 0 Å². The fraction of sp³-hybridized carbons (Fsp3) is 0.538. The van der Waals surface area contributed by atoms with Gasteiger partial charge in [-0.3, -0.25) is 4.79 Å². The Bertz CT molecular complexity index is 371. The summed E-state index contributed by atoms with van der Waals surface area (Å²) in [5, 5.41) is 0. The summed E-state index contributed by atoms with van der Waals surface area (Å²) < 4.78 is 10.1. The first-order valence-corrected chi connectivity index (χ1v) is 6.00. The van der Waals surface area contributed by atoms with Crippen molar-refractivity contribution in [2.24, 2.45) is 11.7 Å². The van der Waals surface area contributed by atoms with Crippen LogP contribution in [0.4, 0.5) is 0 Å². The molecular formula is C13H19NO4. The van der Waals surface area contributed by atoms with Gasteiger partial charge in [0.2, 0.25) is 0 Å². The maximum absolute atomic E-state index is 11.5. The SMILES string of the molecule is CC(C)C(=O)OC1C=CC(C(=O)OCCN)=CC1. The van der Waals surface area contributed by atoms with Crippen LogP contribution in [0.5, 0.6) is 0 Å². The highest BCUT2D eigenvalue weighted by atomic mass is 16.5. The van der Waals surface area contributed by atoms with E-state index < -0.39 is 5.97 Å². The quantitative estimate of drug-likeness (QED) is 0.738. The van der Waals surface area contributed by atoms with Crippen LogP contribution in [0.25, 0.3) is 0 Å². The predicted octanol–water partition coefficient (Wildman–Crippen LogP) is 0.942. The van der Waals surface area contributed by atoms with E-state index in [0.717, 1.165) is 0 Å². The number of ether oxygens (including phenoxy) is 2. The zero-order valence-electron chi connectivity index (χ0n) is 10.7. The molecule has 0 heterocycles. The second-order valence-electron chi connectivity index (χ2n) is 4.31. The Kier molecular flexibility index (Phi) is 5.58. The van der Waals surface area contributed by atoms with E-state index in [0.29, 0.717) is 18.5 Å². The average Bonchev–Trinajstić information content (AvgIpc) is 2.36. The van der Waals surface area contributed by atoms with Crippen molar-refractivity contribution < 1.29 is 19.1 Å². The van der Waals surface area contributed by atoms with Crippen LogP contribution in [-0.2, 0) is 19.1 Å². The Hall–Kier alpha value is -1.62. The number of rotatable bonds is 5. The minimum absolute atomic E-state index is 0.154. The Morgan fingerprint density at radius 2 is 2.22 bits per heavy atom. The van der Waals surface area contributed by atoms with Crippen molar-refractivity contribution in [1.29, 1.82) is 0 Å². The largest absolute Gasteiger partial charge is 0.461 e. The summed E-state index contributed by atoms with van der Waals surface area (Å²) in [4.78, 5) is 22.9. The zero-order chi connectivity index (χ0) is 13.5. The van der Waals surface area contributed by atoms with Gasteiger partial charge in [-0.2, -0.15) is 0 Å². The number of hydrogen-bond donors (Lipinski definition) is 1. The first kappa shape index (κ1) is 14.4. The van der Waals surface area contributed by atoms with Crippen LogP contribution in [0, 0.1) is 5.92 Å². The summed E-state index contributed by atoms with van der Waals surface area (Å²) in [6.07, 6.45) is 5.20. The van der Waals surface area contributed by atoms with Crippen LogP contribution in [0.2, 0.25) is 0 Å². The normalized spacial score (nSPS) is 18.4. The average molecular weight is 253 g/mol. The van der Waals surface area contributed by atoms with Crippen LogP contribution >= 0.6 is 0 Å². The summed E-state index contributed by atoms with van der Waals surface area (Å²) in [5.74, 6) is -0.796. The van der Waals surface area contributed by atoms with Crippen LogP contribution < -0.4 is 5.73 Å². The molecule has 0 saturated carbocycles. The standard InChI is InChI=1S/C13H19NO4/c1-9(2)12(15)18-11-5-3-10(4-6-11)13(16)17-8-7-14/h3-5,9,11H,6-8,14H2,1-2H3. The molecule has 0 aliphatic heterocycles. The molecule has 0 aromatic rings. The fourth-order valence-corrected chi connectivity index (χ4v) is 1.36. The van der Waals surface area contributed by atoms with Gasteiger partial charge in [-0.05, 0) is 12.2 Å². The molecule has 0 radical (unpaired) electrons. The first-order chi connectivity index (χ1) is 8.54. The molecule has 0 aromatic heterocycles. The van der Waals surface area contributed by atoms with Gasteiger partial charge in [0.25, 0.3) is 0 Å². The molecule has 0 saturated heterocycles. The van der Waals surface area contributed by atoms with Crippen molar-refractivity contribution in [2.45, 2.75) is 26.4 Å². The lowest BCUT2D eigenvalue weighted by Gasteiger charge is -2.17. The van der Waals surface area contributed by atoms with E-state index in [1.165, 1.54) is 0 Å². The van der Waals surface area contributed by atoms with E-state index in [-0.39, 0.29) is 24.6 Å². The van der Waals surface area contributed by atoms with E-state index in [2.05, 4.69) is 0 Å². The molecular weight excluding hydrogens is 234 g/mol. The van der Waals surface area contributed by atoms with Crippen molar-refractivity contribution in [3.8, 4) is 0 Å². The van der Waals surface area contributed by atoms with Crippen molar-refractivity contribution >= 4 is 11.9 Å². The molecule has 0 fully saturated rings. The topological polar surface area (TPSA) is 78.6 Å². The summed E-state index contributed by atoms with van der Waals surface area (Å²) in [5.41, 5.74) is 5.71. The Balaban J connectivity index is 2.44. The minimum atomic E-state index is -0.398. The summed E-state index contributed by atoms with van der Waals surface area (Å²) in [7, 11) is 0. The molecule has 1 aliphatic carbocycles. The van der Waals surface area contributed by atoms with Crippen LogP contribution in [-0.4, -0.2) is 31.2 Å². The van der Waals surface area contributed by atoms with Gasteiger partial charge >= 0.3 is 11.9 Å². The van der Waals surface area contributed by atoms with Crippen LogP contribution in [0.15, 0.2) is 23.8 Å². The van der Waals surface area contributed by atoms with Gasteiger partial charge in [0.05, 0.1) is 11.5 Å². The minimum Gasteiger partial charge on any atom is -0.461 e. The highest BCUT2D eigenvalue weighted by Gasteiger charge is 2.18. The number of carbonyl (C=O) groups excluding carboxylic acids is 2.